The summed E-state index contributed by atoms with van der Waals surface area (Å²) in [4.78, 5) is 12.3. The monoisotopic (exact) mass is 374 g/mol. The molecule has 3 aromatic rings. The quantitative estimate of drug-likeness (QED) is 0.689. The van der Waals surface area contributed by atoms with E-state index in [1.54, 1.807) is 18.5 Å². The highest BCUT2D eigenvalue weighted by molar-refractivity contribution is 8.00. The molecule has 134 valence electrons. The van der Waals surface area contributed by atoms with Gasteiger partial charge < -0.3 is 9.88 Å². The lowest BCUT2D eigenvalue weighted by atomic mass is 10.2. The maximum absolute atomic E-state index is 13.7. The summed E-state index contributed by atoms with van der Waals surface area (Å²) in [6, 6.07) is 12.9. The number of nitrogens with zero attached hydrogens (tertiary/aromatic N) is 3. The van der Waals surface area contributed by atoms with Crippen molar-refractivity contribution in [1.82, 2.24) is 14.8 Å². The predicted octanol–water partition coefficient (Wildman–Crippen LogP) is 3.88. The summed E-state index contributed by atoms with van der Waals surface area (Å²) in [5.74, 6) is -1.50. The van der Waals surface area contributed by atoms with E-state index in [0.29, 0.717) is 11.0 Å². The van der Waals surface area contributed by atoms with Gasteiger partial charge in [0.1, 0.15) is 17.3 Å². The van der Waals surface area contributed by atoms with Crippen molar-refractivity contribution in [3.8, 4) is 11.4 Å². The second kappa shape index (κ2) is 7.65. The Morgan fingerprint density at radius 3 is 2.38 bits per heavy atom. The fourth-order valence-corrected chi connectivity index (χ4v) is 3.12. The van der Waals surface area contributed by atoms with Gasteiger partial charge in [-0.1, -0.05) is 48.2 Å². The molecule has 0 fully saturated rings. The number of aromatic nitrogens is 3. The molecule has 1 heterocycles. The number of anilines is 1. The van der Waals surface area contributed by atoms with E-state index < -0.39 is 28.5 Å². The van der Waals surface area contributed by atoms with Gasteiger partial charge >= 0.3 is 0 Å². The molecule has 0 aliphatic carbocycles. The summed E-state index contributed by atoms with van der Waals surface area (Å²) < 4.78 is 29.1. The Bertz CT molecular complexity index is 910. The number of carbonyl (C=O) groups excluding carboxylic acids is 1. The smallest absolute Gasteiger partial charge is 0.237 e. The third kappa shape index (κ3) is 3.75. The minimum absolute atomic E-state index is 0.451. The molecule has 0 saturated heterocycles. The molecule has 1 N–H and O–H groups in total. The molecular weight excluding hydrogens is 358 g/mol. The van der Waals surface area contributed by atoms with Crippen molar-refractivity contribution >= 4 is 23.4 Å². The van der Waals surface area contributed by atoms with Crippen LogP contribution >= 0.6 is 11.8 Å². The molecule has 8 heteroatoms. The minimum atomic E-state index is -0.819. The van der Waals surface area contributed by atoms with Gasteiger partial charge in [0.05, 0.1) is 5.25 Å². The molecule has 1 unspecified atom stereocenters. The van der Waals surface area contributed by atoms with Crippen LogP contribution in [0.5, 0.6) is 0 Å². The zero-order valence-electron chi connectivity index (χ0n) is 14.1. The summed E-state index contributed by atoms with van der Waals surface area (Å²) in [5, 5.41) is 10.4. The highest BCUT2D eigenvalue weighted by Crippen LogP contribution is 2.27. The summed E-state index contributed by atoms with van der Waals surface area (Å²) in [7, 11) is 1.80. The molecule has 1 amide bonds. The molecule has 1 aromatic heterocycles. The molecule has 2 aromatic carbocycles. The van der Waals surface area contributed by atoms with Crippen LogP contribution in [0.15, 0.2) is 53.7 Å². The first-order chi connectivity index (χ1) is 12.5. The Kier molecular flexibility index (Phi) is 5.32. The Labute approximate surface area is 153 Å². The van der Waals surface area contributed by atoms with Crippen LogP contribution < -0.4 is 5.32 Å². The Morgan fingerprint density at radius 1 is 1.08 bits per heavy atom. The molecular formula is C18H16F2N4OS. The second-order valence-electron chi connectivity index (χ2n) is 5.58. The van der Waals surface area contributed by atoms with Crippen LogP contribution in [0.1, 0.15) is 6.92 Å². The molecule has 0 aliphatic rings. The predicted molar refractivity (Wildman–Crippen MR) is 96.7 cm³/mol. The highest BCUT2D eigenvalue weighted by atomic mass is 32.2. The maximum atomic E-state index is 13.7. The lowest BCUT2D eigenvalue weighted by Crippen LogP contribution is -2.24. The van der Waals surface area contributed by atoms with Crippen molar-refractivity contribution in [2.45, 2.75) is 17.3 Å². The van der Waals surface area contributed by atoms with Crippen LogP contribution in [0.3, 0.4) is 0 Å². The Hall–Kier alpha value is -2.74. The van der Waals surface area contributed by atoms with E-state index in [1.807, 2.05) is 30.3 Å². The first kappa shape index (κ1) is 18.1. The number of nitrogens with one attached hydrogen (secondary N) is 1. The van der Waals surface area contributed by atoms with Crippen LogP contribution in [-0.2, 0) is 11.8 Å². The molecule has 0 aliphatic heterocycles. The van der Waals surface area contributed by atoms with E-state index in [4.69, 9.17) is 0 Å². The molecule has 3 rings (SSSR count). The molecule has 26 heavy (non-hydrogen) atoms. The third-order valence-corrected chi connectivity index (χ3v) is 4.86. The molecule has 0 bridgehead atoms. The largest absolute Gasteiger partial charge is 0.320 e. The highest BCUT2D eigenvalue weighted by Gasteiger charge is 2.21. The summed E-state index contributed by atoms with van der Waals surface area (Å²) >= 11 is 1.16. The number of amides is 1. The first-order valence-corrected chi connectivity index (χ1v) is 8.71. The van der Waals surface area contributed by atoms with Crippen molar-refractivity contribution in [3.63, 3.8) is 0 Å². The van der Waals surface area contributed by atoms with Gasteiger partial charge in [-0.3, -0.25) is 4.79 Å². The van der Waals surface area contributed by atoms with Gasteiger partial charge in [0.15, 0.2) is 11.0 Å². The van der Waals surface area contributed by atoms with E-state index >= 15 is 0 Å². The van der Waals surface area contributed by atoms with Gasteiger partial charge in [-0.15, -0.1) is 10.2 Å². The summed E-state index contributed by atoms with van der Waals surface area (Å²) in [6.07, 6.45) is 0. The van der Waals surface area contributed by atoms with Crippen molar-refractivity contribution < 1.29 is 13.6 Å². The topological polar surface area (TPSA) is 59.8 Å². The number of halogens is 2. The minimum Gasteiger partial charge on any atom is -0.320 e. The fraction of sp³-hybridized carbons (Fsp3) is 0.167. The van der Waals surface area contributed by atoms with E-state index in [9.17, 15) is 13.6 Å². The third-order valence-electron chi connectivity index (χ3n) is 3.73. The summed E-state index contributed by atoms with van der Waals surface area (Å²) in [6.45, 7) is 1.63. The molecule has 0 saturated carbocycles. The van der Waals surface area contributed by atoms with Gasteiger partial charge in [0.25, 0.3) is 0 Å². The standard InChI is InChI=1S/C18H16F2N4OS/c1-11(17(25)21-15-13(19)9-6-10-14(15)20)26-18-23-22-16(24(18)2)12-7-4-3-5-8-12/h3-11H,1-2H3,(H,21,25). The number of hydrogen-bond acceptors (Lipinski definition) is 4. The summed E-state index contributed by atoms with van der Waals surface area (Å²) in [5.41, 5.74) is 0.452. The zero-order chi connectivity index (χ0) is 18.7. The Balaban J connectivity index is 1.73. The normalized spacial score (nSPS) is 12.0. The average molecular weight is 374 g/mol. The van der Waals surface area contributed by atoms with Crippen molar-refractivity contribution in [2.75, 3.05) is 5.32 Å². The van der Waals surface area contributed by atoms with Crippen LogP contribution in [0.2, 0.25) is 0 Å². The fourth-order valence-electron chi connectivity index (χ4n) is 2.31. The van der Waals surface area contributed by atoms with Crippen molar-refractivity contribution in [2.24, 2.45) is 7.05 Å². The van der Waals surface area contributed by atoms with Gasteiger partial charge in [-0.05, 0) is 19.1 Å². The van der Waals surface area contributed by atoms with E-state index in [0.717, 1.165) is 29.5 Å². The van der Waals surface area contributed by atoms with Crippen LogP contribution in [0.25, 0.3) is 11.4 Å². The number of rotatable bonds is 5. The van der Waals surface area contributed by atoms with Crippen LogP contribution in [0, 0.1) is 11.6 Å². The number of benzene rings is 2. The van der Waals surface area contributed by atoms with Gasteiger partial charge in [0.2, 0.25) is 5.91 Å². The lowest BCUT2D eigenvalue weighted by molar-refractivity contribution is -0.115. The zero-order valence-corrected chi connectivity index (χ0v) is 14.9. The number of carbonyl (C=O) groups is 1. The number of para-hydroxylation sites is 1. The van der Waals surface area contributed by atoms with Gasteiger partial charge in [0, 0.05) is 12.6 Å². The molecule has 1 atom stereocenters. The maximum Gasteiger partial charge on any atom is 0.237 e. The number of hydrogen-bond donors (Lipinski definition) is 1. The van der Waals surface area contributed by atoms with E-state index in [-0.39, 0.29) is 0 Å². The first-order valence-electron chi connectivity index (χ1n) is 7.83. The van der Waals surface area contributed by atoms with E-state index in [1.165, 1.54) is 6.07 Å². The molecule has 0 radical (unpaired) electrons. The lowest BCUT2D eigenvalue weighted by Gasteiger charge is -2.12. The van der Waals surface area contributed by atoms with Gasteiger partial charge in [-0.25, -0.2) is 8.78 Å². The van der Waals surface area contributed by atoms with E-state index in [2.05, 4.69) is 15.5 Å². The second-order valence-corrected chi connectivity index (χ2v) is 6.89. The van der Waals surface area contributed by atoms with Crippen LogP contribution in [0.4, 0.5) is 14.5 Å². The molecule has 5 nitrogen and oxygen atoms in total. The Morgan fingerprint density at radius 2 is 1.73 bits per heavy atom. The van der Waals surface area contributed by atoms with Gasteiger partial charge in [-0.2, -0.15) is 0 Å². The van der Waals surface area contributed by atoms with Crippen molar-refractivity contribution in [3.05, 3.63) is 60.2 Å². The SMILES string of the molecule is CC(Sc1nnc(-c2ccccc2)n1C)C(=O)Nc1c(F)cccc1F. The van der Waals surface area contributed by atoms with Crippen LogP contribution in [-0.4, -0.2) is 25.9 Å². The average Bonchev–Trinajstić information content (AvgIpc) is 2.99. The van der Waals surface area contributed by atoms with Crippen molar-refractivity contribution in [1.29, 1.82) is 0 Å². The number of thioether (sulfide) groups is 1. The molecule has 0 spiro atoms.